The standard InChI is InChI=1S/C32H41NO4/c1-22(2)11-8-12-23(3)13-9-14-24(4)15-10-16-31(35)37-32(36)28-21-33(27(7)20-30(28)34)29-18-17-25(5)19-26(29)6/h11,13,15,17-21H,8-10,12,14,16H2,1-7H3. The molecule has 0 fully saturated rings. The number of carbonyl (C=O) groups is 2. The molecule has 0 radical (unpaired) electrons. The average molecular weight is 504 g/mol. The van der Waals surface area contributed by atoms with E-state index in [1.54, 1.807) is 11.5 Å². The molecule has 0 aliphatic rings. The topological polar surface area (TPSA) is 65.4 Å². The van der Waals surface area contributed by atoms with Crippen molar-refractivity contribution in [2.75, 3.05) is 0 Å². The highest BCUT2D eigenvalue weighted by Gasteiger charge is 2.18. The molecule has 1 aromatic heterocycles. The number of nitrogens with zero attached hydrogens (tertiary/aromatic N) is 1. The smallest absolute Gasteiger partial charge is 0.351 e. The fourth-order valence-corrected chi connectivity index (χ4v) is 4.10. The molecule has 1 aromatic carbocycles. The van der Waals surface area contributed by atoms with Crippen molar-refractivity contribution in [3.8, 4) is 5.69 Å². The van der Waals surface area contributed by atoms with Crippen molar-refractivity contribution in [3.05, 3.63) is 98.0 Å². The number of ether oxygens (including phenoxy) is 1. The van der Waals surface area contributed by atoms with Gasteiger partial charge in [-0.05, 0) is 92.2 Å². The van der Waals surface area contributed by atoms with Crippen molar-refractivity contribution < 1.29 is 14.3 Å². The molecule has 0 N–H and O–H groups in total. The highest BCUT2D eigenvalue weighted by atomic mass is 16.6. The zero-order valence-corrected chi connectivity index (χ0v) is 23.4. The van der Waals surface area contributed by atoms with E-state index in [0.717, 1.165) is 42.5 Å². The maximum atomic E-state index is 12.6. The fourth-order valence-electron chi connectivity index (χ4n) is 4.10. The van der Waals surface area contributed by atoms with Crippen molar-refractivity contribution >= 4 is 11.9 Å². The van der Waals surface area contributed by atoms with Crippen LogP contribution in [0.4, 0.5) is 0 Å². The summed E-state index contributed by atoms with van der Waals surface area (Å²) in [5.41, 5.74) is 7.01. The molecule has 198 valence electrons. The van der Waals surface area contributed by atoms with Gasteiger partial charge in [0.25, 0.3) is 0 Å². The van der Waals surface area contributed by atoms with Crippen LogP contribution in [0.15, 0.2) is 70.2 Å². The van der Waals surface area contributed by atoms with Crippen LogP contribution in [0.1, 0.15) is 93.4 Å². The van der Waals surface area contributed by atoms with Crippen LogP contribution in [-0.2, 0) is 9.53 Å². The molecule has 0 saturated carbocycles. The molecule has 0 saturated heterocycles. The summed E-state index contributed by atoms with van der Waals surface area (Å²) in [5, 5.41) is 0. The molecule has 2 rings (SSSR count). The lowest BCUT2D eigenvalue weighted by molar-refractivity contribution is -0.137. The molecule has 0 unspecified atom stereocenters. The maximum absolute atomic E-state index is 12.6. The largest absolute Gasteiger partial charge is 0.389 e. The molecular formula is C32H41NO4. The summed E-state index contributed by atoms with van der Waals surface area (Å²) in [6.45, 7) is 14.2. The second-order valence-electron chi connectivity index (χ2n) is 10.1. The molecule has 2 aromatic rings. The third-order valence-electron chi connectivity index (χ3n) is 6.25. The Hall–Kier alpha value is -3.47. The van der Waals surface area contributed by atoms with E-state index >= 15 is 0 Å². The van der Waals surface area contributed by atoms with Crippen molar-refractivity contribution in [2.24, 2.45) is 0 Å². The monoisotopic (exact) mass is 503 g/mol. The second kappa shape index (κ2) is 14.3. The lowest BCUT2D eigenvalue weighted by Gasteiger charge is -2.15. The van der Waals surface area contributed by atoms with Crippen LogP contribution in [0.25, 0.3) is 5.69 Å². The Kier molecular flexibility index (Phi) is 11.5. The van der Waals surface area contributed by atoms with Gasteiger partial charge in [-0.25, -0.2) is 4.79 Å². The van der Waals surface area contributed by atoms with E-state index in [1.165, 1.54) is 29.0 Å². The number of aryl methyl sites for hydroxylation is 3. The first-order chi connectivity index (χ1) is 17.5. The van der Waals surface area contributed by atoms with Crippen LogP contribution >= 0.6 is 0 Å². The Morgan fingerprint density at radius 1 is 0.838 bits per heavy atom. The van der Waals surface area contributed by atoms with Gasteiger partial charge in [-0.15, -0.1) is 0 Å². The van der Waals surface area contributed by atoms with Gasteiger partial charge in [0.05, 0.1) is 0 Å². The number of pyridine rings is 1. The lowest BCUT2D eigenvalue weighted by atomic mass is 10.1. The highest BCUT2D eigenvalue weighted by Crippen LogP contribution is 2.18. The van der Waals surface area contributed by atoms with E-state index in [4.69, 9.17) is 4.74 Å². The van der Waals surface area contributed by atoms with Gasteiger partial charge in [0, 0.05) is 30.1 Å². The maximum Gasteiger partial charge on any atom is 0.351 e. The summed E-state index contributed by atoms with van der Waals surface area (Å²) >= 11 is 0. The highest BCUT2D eigenvalue weighted by molar-refractivity contribution is 5.96. The molecule has 0 atom stereocenters. The Bertz CT molecular complexity index is 1270. The number of esters is 2. The van der Waals surface area contributed by atoms with Crippen molar-refractivity contribution in [3.63, 3.8) is 0 Å². The summed E-state index contributed by atoms with van der Waals surface area (Å²) in [6.07, 6.45) is 12.6. The third kappa shape index (κ3) is 9.83. The summed E-state index contributed by atoms with van der Waals surface area (Å²) in [7, 11) is 0. The lowest BCUT2D eigenvalue weighted by Crippen LogP contribution is -2.22. The predicted molar refractivity (Wildman–Crippen MR) is 151 cm³/mol. The fraction of sp³-hybridized carbons (Fsp3) is 0.406. The number of rotatable bonds is 11. The normalized spacial score (nSPS) is 11.9. The summed E-state index contributed by atoms with van der Waals surface area (Å²) in [6, 6.07) is 7.34. The second-order valence-corrected chi connectivity index (χ2v) is 10.1. The van der Waals surface area contributed by atoms with E-state index in [2.05, 4.69) is 32.9 Å². The van der Waals surface area contributed by atoms with E-state index in [9.17, 15) is 14.4 Å². The Balaban J connectivity index is 1.92. The molecule has 0 aliphatic heterocycles. The van der Waals surface area contributed by atoms with Crippen LogP contribution in [0.2, 0.25) is 0 Å². The van der Waals surface area contributed by atoms with Gasteiger partial charge in [0.15, 0.2) is 5.43 Å². The van der Waals surface area contributed by atoms with Crippen LogP contribution in [0, 0.1) is 20.8 Å². The van der Waals surface area contributed by atoms with Crippen molar-refractivity contribution in [1.82, 2.24) is 4.57 Å². The summed E-state index contributed by atoms with van der Waals surface area (Å²) < 4.78 is 6.79. The Labute approximate surface area is 221 Å². The molecule has 37 heavy (non-hydrogen) atoms. The van der Waals surface area contributed by atoms with Gasteiger partial charge in [0.2, 0.25) is 0 Å². The minimum Gasteiger partial charge on any atom is -0.389 e. The van der Waals surface area contributed by atoms with Crippen LogP contribution < -0.4 is 5.43 Å². The van der Waals surface area contributed by atoms with Gasteiger partial charge in [0.1, 0.15) is 5.56 Å². The third-order valence-corrected chi connectivity index (χ3v) is 6.25. The van der Waals surface area contributed by atoms with E-state index < -0.39 is 17.4 Å². The number of hydrogen-bond donors (Lipinski definition) is 0. The first kappa shape index (κ1) is 29.8. The van der Waals surface area contributed by atoms with Gasteiger partial charge in [-0.2, -0.15) is 0 Å². The molecule has 0 bridgehead atoms. The quantitative estimate of drug-likeness (QED) is 0.179. The first-order valence-corrected chi connectivity index (χ1v) is 13.0. The molecule has 5 heteroatoms. The number of benzene rings is 1. The Morgan fingerprint density at radius 2 is 1.43 bits per heavy atom. The van der Waals surface area contributed by atoms with E-state index in [1.807, 2.05) is 45.0 Å². The zero-order valence-electron chi connectivity index (χ0n) is 23.4. The molecular weight excluding hydrogens is 462 g/mol. The van der Waals surface area contributed by atoms with Crippen LogP contribution in [0.3, 0.4) is 0 Å². The van der Waals surface area contributed by atoms with E-state index in [0.29, 0.717) is 12.1 Å². The van der Waals surface area contributed by atoms with Crippen LogP contribution in [0.5, 0.6) is 0 Å². The summed E-state index contributed by atoms with van der Waals surface area (Å²) in [4.78, 5) is 37.4. The van der Waals surface area contributed by atoms with Crippen molar-refractivity contribution in [2.45, 2.75) is 87.0 Å². The van der Waals surface area contributed by atoms with Crippen LogP contribution in [-0.4, -0.2) is 16.5 Å². The first-order valence-electron chi connectivity index (χ1n) is 13.0. The number of carbonyl (C=O) groups excluding carboxylic acids is 2. The molecule has 0 amide bonds. The van der Waals surface area contributed by atoms with Crippen molar-refractivity contribution in [1.29, 1.82) is 0 Å². The molecule has 0 spiro atoms. The SMILES string of the molecule is CC(C)=CCCC(C)=CCCC(C)=CCCC(=O)OC(=O)c1cn(-c2ccc(C)cc2C)c(C)cc1=O. The minimum atomic E-state index is -0.914. The van der Waals surface area contributed by atoms with Gasteiger partial charge >= 0.3 is 11.9 Å². The molecule has 0 aliphatic carbocycles. The van der Waals surface area contributed by atoms with Gasteiger partial charge in [-0.1, -0.05) is 52.6 Å². The zero-order chi connectivity index (χ0) is 27.5. The Morgan fingerprint density at radius 3 is 2.03 bits per heavy atom. The minimum absolute atomic E-state index is 0.0811. The van der Waals surface area contributed by atoms with E-state index in [-0.39, 0.29) is 12.0 Å². The number of allylic oxidation sites excluding steroid dienone is 6. The van der Waals surface area contributed by atoms with Gasteiger partial charge in [-0.3, -0.25) is 9.59 Å². The summed E-state index contributed by atoms with van der Waals surface area (Å²) in [5.74, 6) is -1.55. The number of aromatic nitrogens is 1. The predicted octanol–water partition coefficient (Wildman–Crippen LogP) is 7.65. The average Bonchev–Trinajstić information content (AvgIpc) is 2.79. The molecule has 1 heterocycles. The molecule has 5 nitrogen and oxygen atoms in total. The number of hydrogen-bond acceptors (Lipinski definition) is 4. The van der Waals surface area contributed by atoms with Gasteiger partial charge < -0.3 is 9.30 Å².